The van der Waals surface area contributed by atoms with E-state index < -0.39 is 17.0 Å². The molecular formula is C24H52Cl2NOTi-. The van der Waals surface area contributed by atoms with Gasteiger partial charge < -0.3 is 10.4 Å². The van der Waals surface area contributed by atoms with Crippen molar-refractivity contribution in [1.82, 2.24) is 0 Å². The van der Waals surface area contributed by atoms with Crippen molar-refractivity contribution in [2.45, 2.75) is 130 Å². The zero-order valence-corrected chi connectivity index (χ0v) is 23.2. The van der Waals surface area contributed by atoms with Gasteiger partial charge in [0, 0.05) is 6.61 Å². The van der Waals surface area contributed by atoms with Crippen LogP contribution in [-0.2, 0) is 17.0 Å². The van der Waals surface area contributed by atoms with E-state index >= 15 is 0 Å². The van der Waals surface area contributed by atoms with Gasteiger partial charge in [-0.15, -0.1) is 13.1 Å². The number of rotatable bonds is 19. The number of unbranched alkanes of at least 4 members (excludes halogenated alkanes) is 11. The molecule has 0 saturated heterocycles. The fourth-order valence-electron chi connectivity index (χ4n) is 3.04. The second-order valence-corrected chi connectivity index (χ2v) is 10.5. The van der Waals surface area contributed by atoms with Crippen LogP contribution >= 0.6 is 18.6 Å². The molecule has 2 nitrogen and oxygen atoms in total. The third-order valence-electron chi connectivity index (χ3n) is 5.14. The van der Waals surface area contributed by atoms with Crippen LogP contribution in [0.25, 0.3) is 5.32 Å². The molecule has 0 amide bonds. The van der Waals surface area contributed by atoms with E-state index in [4.69, 9.17) is 23.7 Å². The van der Waals surface area contributed by atoms with Crippen LogP contribution in [0.3, 0.4) is 0 Å². The Hall–Kier alpha value is 1.21. The second kappa shape index (κ2) is 36.6. The molecule has 0 aliphatic carbocycles. The Balaban J connectivity index is -0.000000471. The van der Waals surface area contributed by atoms with Crippen LogP contribution in [0.5, 0.6) is 0 Å². The quantitative estimate of drug-likeness (QED) is 0.142. The maximum atomic E-state index is 8.75. The molecule has 5 heteroatoms. The molecule has 0 rings (SSSR count). The molecule has 0 aromatic carbocycles. The molecule has 1 unspecified atom stereocenters. The topological polar surface area (TPSA) is 34.3 Å². The van der Waals surface area contributed by atoms with Crippen LogP contribution in [0.1, 0.15) is 130 Å². The molecule has 1 N–H and O–H groups in total. The van der Waals surface area contributed by atoms with Gasteiger partial charge in [-0.25, -0.2) is 0 Å². The van der Waals surface area contributed by atoms with Crippen LogP contribution in [0.2, 0.25) is 0 Å². The molecule has 0 aliphatic rings. The Morgan fingerprint density at radius 3 is 1.38 bits per heavy atom. The van der Waals surface area contributed by atoms with Crippen molar-refractivity contribution >= 4 is 18.6 Å². The first-order valence-electron chi connectivity index (χ1n) is 12.4. The molecule has 1 atom stereocenters. The third-order valence-corrected chi connectivity index (χ3v) is 5.14. The summed E-state index contributed by atoms with van der Waals surface area (Å²) < 4.78 is 0. The molecule has 0 aromatic heterocycles. The van der Waals surface area contributed by atoms with Crippen LogP contribution in [-0.4, -0.2) is 24.8 Å². The van der Waals surface area contributed by atoms with Crippen molar-refractivity contribution in [2.24, 2.45) is 5.92 Å². The fraction of sp³-hybridized carbons (Fsp3) is 1.00. The van der Waals surface area contributed by atoms with Gasteiger partial charge in [0.25, 0.3) is 0 Å². The molecule has 178 valence electrons. The normalized spacial score (nSPS) is 11.1. The van der Waals surface area contributed by atoms with Crippen molar-refractivity contribution in [3.63, 3.8) is 0 Å². The average Bonchev–Trinajstić information content (AvgIpc) is 2.73. The van der Waals surface area contributed by atoms with E-state index in [0.29, 0.717) is 12.5 Å². The third kappa shape index (κ3) is 40.1. The van der Waals surface area contributed by atoms with Crippen LogP contribution in [0.4, 0.5) is 0 Å². The van der Waals surface area contributed by atoms with Gasteiger partial charge in [-0.3, -0.25) is 0 Å². The van der Waals surface area contributed by atoms with E-state index in [9.17, 15) is 0 Å². The Kier molecular flexibility index (Phi) is 43.9. The van der Waals surface area contributed by atoms with Gasteiger partial charge in [-0.1, -0.05) is 124 Å². The van der Waals surface area contributed by atoms with E-state index in [0.717, 1.165) is 19.5 Å². The predicted octanol–water partition coefficient (Wildman–Crippen LogP) is 9.65. The van der Waals surface area contributed by atoms with Gasteiger partial charge in [0.2, 0.25) is 0 Å². The number of halogens is 2. The SMILES string of the molecule is CCCCC(CC)CO.CCCCCCCC[N-]CCCCCCCC.[Cl][Ti][Cl]. The molecule has 0 fully saturated rings. The van der Waals surface area contributed by atoms with Crippen LogP contribution in [0, 0.1) is 5.92 Å². The molecule has 0 radical (unpaired) electrons. The second-order valence-electron chi connectivity index (χ2n) is 7.88. The molecule has 0 bridgehead atoms. The minimum absolute atomic E-state index is 0.372. The molecule has 0 saturated carbocycles. The standard InChI is InChI=1S/C16H34N.C8H18O.2ClH.Ti/c1-3-5-7-9-11-13-15-17-16-14-12-10-8-6-4-2;1-3-5-6-8(4-2)7-9;;;/h3-16H2,1-2H3;8-9H,3-7H2,1-2H3;2*1H;/q-1;;;;+2/p-2. The summed E-state index contributed by atoms with van der Waals surface area (Å²) in [5.74, 6) is 0.560. The summed E-state index contributed by atoms with van der Waals surface area (Å²) in [6.45, 7) is 11.5. The summed E-state index contributed by atoms with van der Waals surface area (Å²) in [4.78, 5) is 0. The van der Waals surface area contributed by atoms with Gasteiger partial charge in [0.15, 0.2) is 0 Å². The van der Waals surface area contributed by atoms with Gasteiger partial charge in [-0.2, -0.15) is 0 Å². The predicted molar refractivity (Wildman–Crippen MR) is 132 cm³/mol. The van der Waals surface area contributed by atoms with E-state index in [2.05, 4.69) is 33.0 Å². The summed E-state index contributed by atoms with van der Waals surface area (Å²) in [6, 6.07) is 0. The summed E-state index contributed by atoms with van der Waals surface area (Å²) in [5, 5.41) is 13.4. The number of hydrogen-bond acceptors (Lipinski definition) is 1. The van der Waals surface area contributed by atoms with Crippen molar-refractivity contribution in [3.05, 3.63) is 5.32 Å². The zero-order chi connectivity index (χ0) is 22.4. The Morgan fingerprint density at radius 1 is 0.655 bits per heavy atom. The molecule has 29 heavy (non-hydrogen) atoms. The molecule has 0 spiro atoms. The molecule has 0 heterocycles. The van der Waals surface area contributed by atoms with E-state index in [1.807, 2.05) is 0 Å². The van der Waals surface area contributed by atoms with Gasteiger partial charge in [0.1, 0.15) is 0 Å². The van der Waals surface area contributed by atoms with Gasteiger partial charge >= 0.3 is 35.6 Å². The van der Waals surface area contributed by atoms with Crippen molar-refractivity contribution in [3.8, 4) is 0 Å². The van der Waals surface area contributed by atoms with Crippen molar-refractivity contribution < 1.29 is 22.1 Å². The zero-order valence-electron chi connectivity index (χ0n) is 20.2. The average molecular weight is 489 g/mol. The Labute approximate surface area is 201 Å². The van der Waals surface area contributed by atoms with Gasteiger partial charge in [-0.05, 0) is 12.3 Å². The van der Waals surface area contributed by atoms with Crippen molar-refractivity contribution in [2.75, 3.05) is 19.7 Å². The van der Waals surface area contributed by atoms with Crippen LogP contribution in [0.15, 0.2) is 0 Å². The number of nitrogens with zero attached hydrogens (tertiary/aromatic N) is 1. The fourth-order valence-corrected chi connectivity index (χ4v) is 3.04. The summed E-state index contributed by atoms with van der Waals surface area (Å²) in [5.41, 5.74) is 0. The number of aliphatic hydroxyl groups excluding tert-OH is 1. The Morgan fingerprint density at radius 2 is 1.03 bits per heavy atom. The first kappa shape index (κ1) is 34.8. The number of hydrogen-bond donors (Lipinski definition) is 1. The van der Waals surface area contributed by atoms with E-state index in [1.54, 1.807) is 0 Å². The van der Waals surface area contributed by atoms with E-state index in [1.165, 1.54) is 96.3 Å². The summed E-state index contributed by atoms with van der Waals surface area (Å²) in [7, 11) is 9.78. The maximum absolute atomic E-state index is 8.75. The molecular weight excluding hydrogens is 437 g/mol. The summed E-state index contributed by atoms with van der Waals surface area (Å²) >= 11 is -0.556. The van der Waals surface area contributed by atoms with Crippen molar-refractivity contribution in [1.29, 1.82) is 0 Å². The molecule has 0 aliphatic heterocycles. The first-order valence-corrected chi connectivity index (χ1v) is 16.7. The summed E-state index contributed by atoms with van der Waals surface area (Å²) in [6.07, 6.45) is 21.5. The van der Waals surface area contributed by atoms with Crippen LogP contribution < -0.4 is 0 Å². The first-order chi connectivity index (χ1) is 14.2. The minimum atomic E-state index is -0.556. The Bertz CT molecular complexity index is 231. The molecule has 0 aromatic rings. The van der Waals surface area contributed by atoms with E-state index in [-0.39, 0.29) is 0 Å². The number of aliphatic hydroxyl groups is 1. The monoisotopic (exact) mass is 488 g/mol. The van der Waals surface area contributed by atoms with Gasteiger partial charge in [0.05, 0.1) is 0 Å².